The van der Waals surface area contributed by atoms with Gasteiger partial charge in [-0.15, -0.1) is 0 Å². The maximum Gasteiger partial charge on any atom is 0.334 e. The zero-order valence-corrected chi connectivity index (χ0v) is 28.5. The number of rotatable bonds is 25. The van der Waals surface area contributed by atoms with Crippen molar-refractivity contribution < 1.29 is 39.4 Å². The number of carbonyl (C=O) groups is 1. The van der Waals surface area contributed by atoms with Crippen LogP contribution in [0.1, 0.15) is 162 Å². The summed E-state index contributed by atoms with van der Waals surface area (Å²) in [7, 11) is 0. The van der Waals surface area contributed by atoms with Crippen LogP contribution in [0.3, 0.4) is 0 Å². The number of cyclic esters (lactones) is 1. The Kier molecular flexibility index (Phi) is 18.6. The first-order chi connectivity index (χ1) is 21.8. The second-order valence-electron chi connectivity index (χ2n) is 14.2. The normalized spacial score (nSPS) is 27.8. The summed E-state index contributed by atoms with van der Waals surface area (Å²) in [6.45, 7) is 3.97. The van der Waals surface area contributed by atoms with Gasteiger partial charge in [-0.25, -0.2) is 4.79 Å². The highest BCUT2D eigenvalue weighted by atomic mass is 16.5. The molecule has 8 nitrogen and oxygen atoms in total. The zero-order chi connectivity index (χ0) is 32.4. The number of aliphatic hydroxyl groups excluding tert-OH is 4. The molecule has 9 atom stereocenters. The summed E-state index contributed by atoms with van der Waals surface area (Å²) in [5.41, 5.74) is 0.869. The molecule has 0 aliphatic carbocycles. The number of hydrogen-bond donors (Lipinski definition) is 4. The molecular formula is C37H66O8. The lowest BCUT2D eigenvalue weighted by Crippen LogP contribution is -2.39. The van der Waals surface area contributed by atoms with Gasteiger partial charge in [-0.1, -0.05) is 90.4 Å². The van der Waals surface area contributed by atoms with E-state index in [2.05, 4.69) is 6.92 Å². The molecule has 8 heteroatoms. The summed E-state index contributed by atoms with van der Waals surface area (Å²) in [6.07, 6.45) is 21.8. The van der Waals surface area contributed by atoms with Gasteiger partial charge in [0.1, 0.15) is 12.2 Å². The third-order valence-corrected chi connectivity index (χ3v) is 10.2. The van der Waals surface area contributed by atoms with Crippen LogP contribution in [0.25, 0.3) is 0 Å². The van der Waals surface area contributed by atoms with E-state index >= 15 is 0 Å². The molecule has 2 fully saturated rings. The molecule has 0 unspecified atom stereocenters. The van der Waals surface area contributed by atoms with Crippen LogP contribution >= 0.6 is 0 Å². The first-order valence-corrected chi connectivity index (χ1v) is 18.7. The van der Waals surface area contributed by atoms with Crippen LogP contribution in [0.5, 0.6) is 0 Å². The Bertz CT molecular complexity index is 833. The highest BCUT2D eigenvalue weighted by Gasteiger charge is 2.38. The van der Waals surface area contributed by atoms with Gasteiger partial charge in [-0.3, -0.25) is 0 Å². The number of ether oxygens (including phenoxy) is 3. The quantitative estimate of drug-likeness (QED) is 0.0634. The fourth-order valence-corrected chi connectivity index (χ4v) is 7.27. The molecular weight excluding hydrogens is 572 g/mol. The van der Waals surface area contributed by atoms with Crippen LogP contribution < -0.4 is 0 Å². The van der Waals surface area contributed by atoms with Gasteiger partial charge in [0, 0.05) is 5.57 Å². The Hall–Kier alpha value is -1.03. The maximum atomic E-state index is 11.6. The number of esters is 1. The molecule has 0 aromatic heterocycles. The van der Waals surface area contributed by atoms with Crippen molar-refractivity contribution in [2.24, 2.45) is 0 Å². The number of unbranched alkanes of at least 4 members (excludes halogenated alkanes) is 12. The summed E-state index contributed by atoms with van der Waals surface area (Å²) in [4.78, 5) is 11.6. The van der Waals surface area contributed by atoms with Gasteiger partial charge in [-0.2, -0.15) is 0 Å². The van der Waals surface area contributed by atoms with E-state index in [0.29, 0.717) is 32.1 Å². The molecule has 0 aromatic rings. The average Bonchev–Trinajstić information content (AvgIpc) is 3.78. The number of hydrogen-bond acceptors (Lipinski definition) is 8. The minimum Gasteiger partial charge on any atom is -0.455 e. The van der Waals surface area contributed by atoms with Gasteiger partial charge >= 0.3 is 5.97 Å². The summed E-state index contributed by atoms with van der Waals surface area (Å²) in [5.74, 6) is -0.119. The van der Waals surface area contributed by atoms with Crippen molar-refractivity contribution in [2.75, 3.05) is 0 Å². The molecule has 4 N–H and O–H groups in total. The molecule has 3 aliphatic heterocycles. The lowest BCUT2D eigenvalue weighted by molar-refractivity contribution is -0.139. The van der Waals surface area contributed by atoms with Gasteiger partial charge in [0.2, 0.25) is 0 Å². The van der Waals surface area contributed by atoms with E-state index < -0.39 is 30.5 Å². The van der Waals surface area contributed by atoms with E-state index in [1.165, 1.54) is 70.6 Å². The van der Waals surface area contributed by atoms with Crippen LogP contribution in [0, 0.1) is 0 Å². The third kappa shape index (κ3) is 14.3. The Morgan fingerprint density at radius 1 is 0.689 bits per heavy atom. The first kappa shape index (κ1) is 38.4. The van der Waals surface area contributed by atoms with Crippen LogP contribution in [-0.2, 0) is 19.0 Å². The Morgan fingerprint density at radius 2 is 1.22 bits per heavy atom. The molecule has 0 spiro atoms. The molecule has 3 rings (SSSR count). The lowest BCUT2D eigenvalue weighted by atomic mass is 9.98. The smallest absolute Gasteiger partial charge is 0.334 e. The molecule has 0 saturated carbocycles. The minimum atomic E-state index is -0.916. The highest BCUT2D eigenvalue weighted by Crippen LogP contribution is 2.31. The number of aliphatic hydroxyl groups is 4. The van der Waals surface area contributed by atoms with Gasteiger partial charge in [0.15, 0.2) is 0 Å². The SMILES string of the molecule is CCCC[C@H](O)[C@H](O)[C@@H]1CC[C@@H]([C@H](O)CC[C@H](O)[C@@H]2CC[C@@H](CCCCCCCCCCCCCCC3=C[C@@H](C)OC3=O)O2)O1. The van der Waals surface area contributed by atoms with Gasteiger partial charge < -0.3 is 34.6 Å². The molecule has 2 saturated heterocycles. The zero-order valence-electron chi connectivity index (χ0n) is 28.5. The Morgan fingerprint density at radius 3 is 1.80 bits per heavy atom. The van der Waals surface area contributed by atoms with Gasteiger partial charge in [0.05, 0.1) is 42.7 Å². The van der Waals surface area contributed by atoms with E-state index in [4.69, 9.17) is 14.2 Å². The molecule has 0 bridgehead atoms. The van der Waals surface area contributed by atoms with Crippen molar-refractivity contribution in [3.8, 4) is 0 Å². The molecule has 0 aromatic carbocycles. The molecule has 3 heterocycles. The summed E-state index contributed by atoms with van der Waals surface area (Å²) >= 11 is 0. The standard InChI is InChI=1S/C37H66O8/c1-3-4-19-32(40)36(41)35-25-24-34(45-35)31(39)22-21-30(38)33-23-20-29(44-33)18-16-14-12-10-8-6-5-7-9-11-13-15-17-28-26-27(2)43-37(28)42/h26-27,29-36,38-41H,3-25H2,1-2H3/t27-,29-,30+,31-,32+,33+,34+,35+,36+/m1/s1. The van der Waals surface area contributed by atoms with E-state index in [9.17, 15) is 25.2 Å². The Balaban J connectivity index is 1.11. The van der Waals surface area contributed by atoms with E-state index in [0.717, 1.165) is 50.5 Å². The van der Waals surface area contributed by atoms with Crippen molar-refractivity contribution in [2.45, 2.75) is 216 Å². The monoisotopic (exact) mass is 638 g/mol. The molecule has 45 heavy (non-hydrogen) atoms. The van der Waals surface area contributed by atoms with Crippen LogP contribution in [0.4, 0.5) is 0 Å². The lowest BCUT2D eigenvalue weighted by Gasteiger charge is -2.26. The van der Waals surface area contributed by atoms with Crippen LogP contribution in [-0.4, -0.2) is 81.3 Å². The average molecular weight is 639 g/mol. The van der Waals surface area contributed by atoms with Crippen molar-refractivity contribution in [1.29, 1.82) is 0 Å². The predicted molar refractivity (Wildman–Crippen MR) is 177 cm³/mol. The van der Waals surface area contributed by atoms with Gasteiger partial charge in [0.25, 0.3) is 0 Å². The van der Waals surface area contributed by atoms with Crippen molar-refractivity contribution in [1.82, 2.24) is 0 Å². The van der Waals surface area contributed by atoms with Crippen LogP contribution in [0.15, 0.2) is 11.6 Å². The van der Waals surface area contributed by atoms with Gasteiger partial charge in [-0.05, 0) is 77.2 Å². The maximum absolute atomic E-state index is 11.6. The van der Waals surface area contributed by atoms with Crippen LogP contribution in [0.2, 0.25) is 0 Å². The third-order valence-electron chi connectivity index (χ3n) is 10.2. The van der Waals surface area contributed by atoms with E-state index in [1.54, 1.807) is 0 Å². The fraction of sp³-hybridized carbons (Fsp3) is 0.919. The second kappa shape index (κ2) is 21.8. The summed E-state index contributed by atoms with van der Waals surface area (Å²) in [5, 5.41) is 42.0. The number of carbonyl (C=O) groups excluding carboxylic acids is 1. The topological polar surface area (TPSA) is 126 Å². The highest BCUT2D eigenvalue weighted by molar-refractivity contribution is 5.90. The molecule has 262 valence electrons. The fourth-order valence-electron chi connectivity index (χ4n) is 7.27. The van der Waals surface area contributed by atoms with Crippen molar-refractivity contribution in [3.05, 3.63) is 11.6 Å². The second-order valence-corrected chi connectivity index (χ2v) is 14.2. The van der Waals surface area contributed by atoms with Crippen molar-refractivity contribution >= 4 is 5.97 Å². The summed E-state index contributed by atoms with van der Waals surface area (Å²) in [6, 6.07) is 0. The summed E-state index contributed by atoms with van der Waals surface area (Å²) < 4.78 is 17.2. The minimum absolute atomic E-state index is 0.0479. The predicted octanol–water partition coefficient (Wildman–Crippen LogP) is 6.83. The first-order valence-electron chi connectivity index (χ1n) is 18.7. The largest absolute Gasteiger partial charge is 0.455 e. The van der Waals surface area contributed by atoms with Crippen molar-refractivity contribution in [3.63, 3.8) is 0 Å². The van der Waals surface area contributed by atoms with E-state index in [1.807, 2.05) is 13.0 Å². The molecule has 0 radical (unpaired) electrons. The Labute approximate surface area is 273 Å². The molecule has 3 aliphatic rings. The van der Waals surface area contributed by atoms with E-state index in [-0.39, 0.29) is 30.4 Å². The molecule has 0 amide bonds.